The molecule has 0 fully saturated rings. The average molecular weight is 237 g/mol. The van der Waals surface area contributed by atoms with Gasteiger partial charge in [-0.15, -0.1) is 0 Å². The number of sulfonamides is 1. The number of primary sulfonamides is 1. The molecule has 0 aliphatic rings. The highest BCUT2D eigenvalue weighted by Gasteiger charge is 2.09. The molecular formula is C8H19N3O3S. The van der Waals surface area contributed by atoms with Gasteiger partial charge in [0.05, 0.1) is 5.75 Å². The van der Waals surface area contributed by atoms with E-state index in [1.165, 1.54) is 0 Å². The van der Waals surface area contributed by atoms with Crippen LogP contribution in [0.5, 0.6) is 0 Å². The van der Waals surface area contributed by atoms with Crippen LogP contribution in [0.4, 0.5) is 0 Å². The summed E-state index contributed by atoms with van der Waals surface area (Å²) >= 11 is 0. The first-order chi connectivity index (χ1) is 6.85. The third kappa shape index (κ3) is 9.64. The number of rotatable bonds is 7. The zero-order valence-electron chi connectivity index (χ0n) is 8.90. The number of amides is 1. The van der Waals surface area contributed by atoms with Crippen molar-refractivity contribution in [3.8, 4) is 0 Å². The lowest BCUT2D eigenvalue weighted by molar-refractivity contribution is -0.121. The van der Waals surface area contributed by atoms with Gasteiger partial charge >= 0.3 is 0 Å². The van der Waals surface area contributed by atoms with E-state index in [0.29, 0.717) is 0 Å². The molecule has 0 aromatic rings. The summed E-state index contributed by atoms with van der Waals surface area (Å²) < 4.78 is 21.1. The van der Waals surface area contributed by atoms with Crippen LogP contribution in [0.25, 0.3) is 0 Å². The molecule has 0 bridgehead atoms. The van der Waals surface area contributed by atoms with Gasteiger partial charge in [-0.2, -0.15) is 0 Å². The minimum atomic E-state index is -3.50. The lowest BCUT2D eigenvalue weighted by Crippen LogP contribution is -2.35. The molecule has 7 heteroatoms. The normalized spacial score (nSPS) is 13.5. The molecule has 90 valence electrons. The Morgan fingerprint density at radius 1 is 1.47 bits per heavy atom. The highest BCUT2D eigenvalue weighted by molar-refractivity contribution is 7.89. The van der Waals surface area contributed by atoms with Crippen molar-refractivity contribution in [3.63, 3.8) is 0 Å². The Morgan fingerprint density at radius 3 is 2.53 bits per heavy atom. The molecule has 6 nitrogen and oxygen atoms in total. The van der Waals surface area contributed by atoms with Crippen LogP contribution in [-0.2, 0) is 14.8 Å². The second-order valence-electron chi connectivity index (χ2n) is 3.47. The van der Waals surface area contributed by atoms with Crippen molar-refractivity contribution < 1.29 is 13.2 Å². The molecule has 15 heavy (non-hydrogen) atoms. The maximum Gasteiger partial charge on any atom is 0.221 e. The monoisotopic (exact) mass is 237 g/mol. The quantitative estimate of drug-likeness (QED) is 0.521. The molecule has 0 saturated carbocycles. The van der Waals surface area contributed by atoms with Crippen LogP contribution < -0.4 is 16.2 Å². The summed E-state index contributed by atoms with van der Waals surface area (Å²) in [4.78, 5) is 11.2. The van der Waals surface area contributed by atoms with E-state index in [1.807, 2.05) is 6.92 Å². The Balaban J connectivity index is 3.67. The molecule has 0 spiro atoms. The molecule has 0 saturated heterocycles. The van der Waals surface area contributed by atoms with Gasteiger partial charge in [0.25, 0.3) is 0 Å². The van der Waals surface area contributed by atoms with Gasteiger partial charge in [-0.1, -0.05) is 13.3 Å². The number of hydrogen-bond donors (Lipinski definition) is 3. The lowest BCUT2D eigenvalue weighted by Gasteiger charge is -2.09. The molecule has 0 rings (SSSR count). The average Bonchev–Trinajstić information content (AvgIpc) is 2.01. The fourth-order valence-corrected chi connectivity index (χ4v) is 1.50. The number of carbonyl (C=O) groups excluding carboxylic acids is 1. The van der Waals surface area contributed by atoms with E-state index in [9.17, 15) is 13.2 Å². The van der Waals surface area contributed by atoms with E-state index in [4.69, 9.17) is 10.9 Å². The molecule has 1 unspecified atom stereocenters. The fraction of sp³-hybridized carbons (Fsp3) is 0.875. The van der Waals surface area contributed by atoms with Gasteiger partial charge in [0.2, 0.25) is 15.9 Å². The Labute approximate surface area is 90.4 Å². The maximum atomic E-state index is 11.2. The van der Waals surface area contributed by atoms with Crippen molar-refractivity contribution >= 4 is 15.9 Å². The molecule has 0 aromatic carbocycles. The van der Waals surface area contributed by atoms with Crippen LogP contribution in [0.15, 0.2) is 0 Å². The number of hydrogen-bond acceptors (Lipinski definition) is 4. The number of nitrogens with one attached hydrogen (secondary N) is 1. The SMILES string of the molecule is CCCC(N)CC(=O)NCCS(N)(=O)=O. The maximum absolute atomic E-state index is 11.2. The third-order valence-electron chi connectivity index (χ3n) is 1.82. The highest BCUT2D eigenvalue weighted by atomic mass is 32.2. The summed E-state index contributed by atoms with van der Waals surface area (Å²) in [5.74, 6) is -0.485. The van der Waals surface area contributed by atoms with E-state index in [1.54, 1.807) is 0 Å². The van der Waals surface area contributed by atoms with Crippen molar-refractivity contribution in [2.75, 3.05) is 12.3 Å². The van der Waals surface area contributed by atoms with E-state index in [2.05, 4.69) is 5.32 Å². The van der Waals surface area contributed by atoms with E-state index >= 15 is 0 Å². The molecule has 0 radical (unpaired) electrons. The lowest BCUT2D eigenvalue weighted by atomic mass is 10.1. The first kappa shape index (κ1) is 14.3. The zero-order chi connectivity index (χ0) is 11.9. The Morgan fingerprint density at radius 2 is 2.07 bits per heavy atom. The number of nitrogens with two attached hydrogens (primary N) is 2. The van der Waals surface area contributed by atoms with Crippen LogP contribution in [0, 0.1) is 0 Å². The summed E-state index contributed by atoms with van der Waals surface area (Å²) in [6.07, 6.45) is 1.92. The zero-order valence-corrected chi connectivity index (χ0v) is 9.72. The van der Waals surface area contributed by atoms with E-state index in [0.717, 1.165) is 12.8 Å². The van der Waals surface area contributed by atoms with Crippen molar-refractivity contribution in [1.82, 2.24) is 5.32 Å². The van der Waals surface area contributed by atoms with Gasteiger partial charge in [0.1, 0.15) is 0 Å². The van der Waals surface area contributed by atoms with Gasteiger partial charge in [-0.3, -0.25) is 4.79 Å². The second-order valence-corrected chi connectivity index (χ2v) is 5.20. The molecular weight excluding hydrogens is 218 g/mol. The summed E-state index contributed by atoms with van der Waals surface area (Å²) in [5.41, 5.74) is 5.64. The largest absolute Gasteiger partial charge is 0.355 e. The third-order valence-corrected chi connectivity index (χ3v) is 2.59. The predicted molar refractivity (Wildman–Crippen MR) is 58.5 cm³/mol. The highest BCUT2D eigenvalue weighted by Crippen LogP contribution is 1.97. The Kier molecular flexibility index (Phi) is 6.46. The Bertz CT molecular complexity index is 290. The second kappa shape index (κ2) is 6.76. The van der Waals surface area contributed by atoms with Gasteiger partial charge < -0.3 is 11.1 Å². The summed E-state index contributed by atoms with van der Waals surface area (Å²) in [7, 11) is -3.50. The molecule has 5 N–H and O–H groups in total. The van der Waals surface area contributed by atoms with Gasteiger partial charge in [0.15, 0.2) is 0 Å². The van der Waals surface area contributed by atoms with Crippen LogP contribution >= 0.6 is 0 Å². The first-order valence-electron chi connectivity index (χ1n) is 4.88. The predicted octanol–water partition coefficient (Wildman–Crippen LogP) is -1.09. The standard InChI is InChI=1S/C8H19N3O3S/c1-2-3-7(9)6-8(12)11-4-5-15(10,13)14/h7H,2-6,9H2,1H3,(H,11,12)(H2,10,13,14). The summed E-state index contributed by atoms with van der Waals surface area (Å²) in [6.45, 7) is 2.02. The minimum absolute atomic E-state index is 0.0382. The van der Waals surface area contributed by atoms with E-state index < -0.39 is 10.0 Å². The molecule has 0 aliphatic carbocycles. The van der Waals surface area contributed by atoms with Gasteiger partial charge in [-0.25, -0.2) is 13.6 Å². The topological polar surface area (TPSA) is 115 Å². The van der Waals surface area contributed by atoms with Crippen LogP contribution in [0.2, 0.25) is 0 Å². The minimum Gasteiger partial charge on any atom is -0.355 e. The fourth-order valence-electron chi connectivity index (χ4n) is 1.12. The van der Waals surface area contributed by atoms with E-state index in [-0.39, 0.29) is 30.7 Å². The molecule has 1 amide bonds. The van der Waals surface area contributed by atoms with Crippen LogP contribution in [0.3, 0.4) is 0 Å². The molecule has 1 atom stereocenters. The molecule has 0 heterocycles. The van der Waals surface area contributed by atoms with Crippen molar-refractivity contribution in [1.29, 1.82) is 0 Å². The summed E-state index contributed by atoms with van der Waals surface area (Å²) in [5, 5.41) is 7.22. The van der Waals surface area contributed by atoms with Crippen molar-refractivity contribution in [2.24, 2.45) is 10.9 Å². The van der Waals surface area contributed by atoms with Crippen LogP contribution in [0.1, 0.15) is 26.2 Å². The van der Waals surface area contributed by atoms with Gasteiger partial charge in [0, 0.05) is 19.0 Å². The smallest absolute Gasteiger partial charge is 0.221 e. The first-order valence-corrected chi connectivity index (χ1v) is 6.59. The van der Waals surface area contributed by atoms with Crippen molar-refractivity contribution in [2.45, 2.75) is 32.2 Å². The van der Waals surface area contributed by atoms with Crippen molar-refractivity contribution in [3.05, 3.63) is 0 Å². The molecule has 0 aromatic heterocycles. The molecule has 0 aliphatic heterocycles. The van der Waals surface area contributed by atoms with Crippen LogP contribution in [-0.4, -0.2) is 32.7 Å². The Hall–Kier alpha value is -0.660. The van der Waals surface area contributed by atoms with Gasteiger partial charge in [-0.05, 0) is 6.42 Å². The number of carbonyl (C=O) groups is 1. The summed E-state index contributed by atoms with van der Waals surface area (Å²) in [6, 6.07) is -0.163.